The molecule has 1 aromatic rings. The molecule has 2 aliphatic carbocycles. The normalized spacial score (nSPS) is 34.9. The van der Waals surface area contributed by atoms with E-state index >= 15 is 0 Å². The van der Waals surface area contributed by atoms with E-state index < -0.39 is 0 Å². The van der Waals surface area contributed by atoms with E-state index in [1.165, 1.54) is 25.0 Å². The molecule has 0 amide bonds. The molecule has 0 aliphatic heterocycles. The Labute approximate surface area is 130 Å². The highest BCUT2D eigenvalue weighted by Gasteiger charge is 2.58. The number of fused-ring (bicyclic) bond motifs is 2. The van der Waals surface area contributed by atoms with Crippen LogP contribution in [0.3, 0.4) is 0 Å². The number of rotatable bonds is 3. The summed E-state index contributed by atoms with van der Waals surface area (Å²) >= 11 is 3.67. The highest BCUT2D eigenvalue weighted by atomic mass is 79.9. The predicted octanol–water partition coefficient (Wildman–Crippen LogP) is 3.80. The Bertz CT molecular complexity index is 529. The van der Waals surface area contributed by atoms with Gasteiger partial charge in [0.05, 0.1) is 15.9 Å². The molecule has 2 bridgehead atoms. The summed E-state index contributed by atoms with van der Waals surface area (Å²) in [6.45, 7) is 10.3. The maximum absolute atomic E-state index is 4.49. The van der Waals surface area contributed by atoms with Crippen LogP contribution >= 0.6 is 15.9 Å². The first kappa shape index (κ1) is 14.6. The van der Waals surface area contributed by atoms with Crippen molar-refractivity contribution < 1.29 is 0 Å². The van der Waals surface area contributed by atoms with Crippen molar-refractivity contribution in [3.05, 3.63) is 15.9 Å². The van der Waals surface area contributed by atoms with Gasteiger partial charge in [-0.2, -0.15) is 5.10 Å². The second-order valence-corrected chi connectivity index (χ2v) is 8.49. The fourth-order valence-electron chi connectivity index (χ4n) is 4.88. The van der Waals surface area contributed by atoms with Crippen LogP contribution in [-0.4, -0.2) is 15.8 Å². The fourth-order valence-corrected chi connectivity index (χ4v) is 5.36. The van der Waals surface area contributed by atoms with Crippen molar-refractivity contribution in [2.45, 2.75) is 59.5 Å². The lowest BCUT2D eigenvalue weighted by atomic mass is 9.68. The van der Waals surface area contributed by atoms with Crippen molar-refractivity contribution >= 4 is 15.9 Å². The summed E-state index contributed by atoms with van der Waals surface area (Å²) in [4.78, 5) is 0. The molecule has 0 saturated heterocycles. The third-order valence-electron chi connectivity index (χ3n) is 6.01. The van der Waals surface area contributed by atoms with Crippen molar-refractivity contribution in [1.29, 1.82) is 0 Å². The van der Waals surface area contributed by atoms with Crippen LogP contribution < -0.4 is 5.32 Å². The quantitative estimate of drug-likeness (QED) is 0.907. The zero-order valence-electron chi connectivity index (χ0n) is 13.3. The number of halogens is 1. The molecule has 1 aromatic heterocycles. The van der Waals surface area contributed by atoms with Gasteiger partial charge < -0.3 is 5.32 Å². The van der Waals surface area contributed by atoms with Crippen molar-refractivity contribution in [1.82, 2.24) is 15.1 Å². The van der Waals surface area contributed by atoms with Gasteiger partial charge in [-0.25, -0.2) is 0 Å². The molecular weight excluding hydrogens is 314 g/mol. The smallest absolute Gasteiger partial charge is 0.0739 e. The average Bonchev–Trinajstić information content (AvgIpc) is 2.91. The molecule has 4 heteroatoms. The minimum absolute atomic E-state index is 0.410. The van der Waals surface area contributed by atoms with Crippen LogP contribution in [0.25, 0.3) is 0 Å². The minimum atomic E-state index is 0.410. The van der Waals surface area contributed by atoms with Gasteiger partial charge in [0, 0.05) is 19.6 Å². The zero-order valence-corrected chi connectivity index (χ0v) is 14.8. The first-order valence-corrected chi connectivity index (χ1v) is 8.46. The maximum atomic E-state index is 4.49. The average molecular weight is 340 g/mol. The van der Waals surface area contributed by atoms with Gasteiger partial charge in [0.1, 0.15) is 0 Å². The summed E-state index contributed by atoms with van der Waals surface area (Å²) < 4.78 is 3.15. The van der Waals surface area contributed by atoms with E-state index in [0.29, 0.717) is 16.9 Å². The number of hydrogen-bond acceptors (Lipinski definition) is 2. The number of nitrogens with one attached hydrogen (secondary N) is 1. The number of aromatic nitrogens is 2. The molecule has 3 nitrogen and oxygen atoms in total. The molecule has 112 valence electrons. The molecule has 2 aliphatic rings. The largest absolute Gasteiger partial charge is 0.307 e. The van der Waals surface area contributed by atoms with Gasteiger partial charge in [-0.1, -0.05) is 20.8 Å². The molecule has 3 unspecified atom stereocenters. The fraction of sp³-hybridized carbons (Fsp3) is 0.812. The Morgan fingerprint density at radius 2 is 2.10 bits per heavy atom. The highest BCUT2D eigenvalue weighted by molar-refractivity contribution is 9.10. The van der Waals surface area contributed by atoms with Gasteiger partial charge in [-0.3, -0.25) is 4.68 Å². The third kappa shape index (κ3) is 1.98. The van der Waals surface area contributed by atoms with Crippen LogP contribution in [0, 0.1) is 23.7 Å². The summed E-state index contributed by atoms with van der Waals surface area (Å²) in [5.74, 6) is 0.890. The van der Waals surface area contributed by atoms with Gasteiger partial charge in [0.15, 0.2) is 0 Å². The molecule has 3 rings (SSSR count). The molecule has 0 spiro atoms. The van der Waals surface area contributed by atoms with Crippen LogP contribution in [-0.2, 0) is 13.6 Å². The molecule has 0 radical (unpaired) electrons. The molecule has 0 aromatic carbocycles. The van der Waals surface area contributed by atoms with E-state index in [0.717, 1.165) is 22.6 Å². The van der Waals surface area contributed by atoms with Crippen LogP contribution in [0.5, 0.6) is 0 Å². The molecule has 1 N–H and O–H groups in total. The van der Waals surface area contributed by atoms with Crippen molar-refractivity contribution in [2.24, 2.45) is 23.8 Å². The van der Waals surface area contributed by atoms with Gasteiger partial charge in [0.2, 0.25) is 0 Å². The first-order chi connectivity index (χ1) is 9.25. The summed E-state index contributed by atoms with van der Waals surface area (Å²) in [5, 5.41) is 8.35. The van der Waals surface area contributed by atoms with Gasteiger partial charge >= 0.3 is 0 Å². The molecule has 20 heavy (non-hydrogen) atoms. The van der Waals surface area contributed by atoms with Gasteiger partial charge in [-0.15, -0.1) is 0 Å². The summed E-state index contributed by atoms with van der Waals surface area (Å²) in [7, 11) is 2.03. The first-order valence-electron chi connectivity index (χ1n) is 7.67. The van der Waals surface area contributed by atoms with Crippen molar-refractivity contribution in [3.8, 4) is 0 Å². The monoisotopic (exact) mass is 339 g/mol. The van der Waals surface area contributed by atoms with E-state index in [1.807, 2.05) is 11.7 Å². The Balaban J connectivity index is 1.78. The van der Waals surface area contributed by atoms with Crippen LogP contribution in [0.2, 0.25) is 0 Å². The Morgan fingerprint density at radius 1 is 1.40 bits per heavy atom. The Morgan fingerprint density at radius 3 is 2.60 bits per heavy atom. The second kappa shape index (κ2) is 4.57. The number of hydrogen-bond donors (Lipinski definition) is 1. The van der Waals surface area contributed by atoms with Crippen molar-refractivity contribution in [2.75, 3.05) is 0 Å². The van der Waals surface area contributed by atoms with Gasteiger partial charge in [0.25, 0.3) is 0 Å². The van der Waals surface area contributed by atoms with Crippen LogP contribution in [0.15, 0.2) is 4.47 Å². The molecule has 1 heterocycles. The van der Waals surface area contributed by atoms with E-state index in [2.05, 4.69) is 54.0 Å². The topological polar surface area (TPSA) is 29.9 Å². The van der Waals surface area contributed by atoms with Crippen LogP contribution in [0.4, 0.5) is 0 Å². The van der Waals surface area contributed by atoms with Gasteiger partial charge in [-0.05, 0) is 58.9 Å². The standard InChI is InChI=1S/C16H26BrN3/c1-10-13(17)12(20(5)19-10)9-18-14-15(2,3)11-6-7-16(14,4)8-11/h11,14,18H,6-9H2,1-5H3. The highest BCUT2D eigenvalue weighted by Crippen LogP contribution is 2.62. The predicted molar refractivity (Wildman–Crippen MR) is 85.5 cm³/mol. The van der Waals surface area contributed by atoms with Crippen molar-refractivity contribution in [3.63, 3.8) is 0 Å². The Hall–Kier alpha value is -0.350. The third-order valence-corrected chi connectivity index (χ3v) is 7.04. The summed E-state index contributed by atoms with van der Waals surface area (Å²) in [5.41, 5.74) is 3.22. The second-order valence-electron chi connectivity index (χ2n) is 7.70. The number of nitrogens with zero attached hydrogens (tertiary/aromatic N) is 2. The van der Waals surface area contributed by atoms with E-state index in [9.17, 15) is 0 Å². The van der Waals surface area contributed by atoms with Crippen LogP contribution in [0.1, 0.15) is 51.4 Å². The molecule has 2 fully saturated rings. The maximum Gasteiger partial charge on any atom is 0.0739 e. The van der Waals surface area contributed by atoms with E-state index in [4.69, 9.17) is 0 Å². The summed E-state index contributed by atoms with van der Waals surface area (Å²) in [6.07, 6.45) is 4.18. The lowest BCUT2D eigenvalue weighted by Crippen LogP contribution is -2.50. The zero-order chi connectivity index (χ0) is 14.7. The molecule has 3 atom stereocenters. The molecular formula is C16H26BrN3. The minimum Gasteiger partial charge on any atom is -0.307 e. The lowest BCUT2D eigenvalue weighted by molar-refractivity contribution is 0.107. The lowest BCUT2D eigenvalue weighted by Gasteiger charge is -2.43. The van der Waals surface area contributed by atoms with E-state index in [1.54, 1.807) is 0 Å². The summed E-state index contributed by atoms with van der Waals surface area (Å²) in [6, 6.07) is 0.607. The molecule has 2 saturated carbocycles. The van der Waals surface area contributed by atoms with E-state index in [-0.39, 0.29) is 0 Å². The SMILES string of the molecule is Cc1nn(C)c(CNC2C3(C)CCC(C3)C2(C)C)c1Br. The Kier molecular flexibility index (Phi) is 3.33. The number of aryl methyl sites for hydroxylation is 2.